The minimum absolute atomic E-state index is 0. The van der Waals surface area contributed by atoms with Crippen molar-refractivity contribution in [1.82, 2.24) is 5.32 Å². The Morgan fingerprint density at radius 2 is 1.94 bits per heavy atom. The fourth-order valence-electron chi connectivity index (χ4n) is 2.53. The number of nitrogens with two attached hydrogens (primary N) is 1. The van der Waals surface area contributed by atoms with Gasteiger partial charge in [0.25, 0.3) is 0 Å². The number of nitrogens with one attached hydrogen (secondary N) is 1. The fraction of sp³-hybridized carbons (Fsp3) is 0.917. The van der Waals surface area contributed by atoms with E-state index >= 15 is 0 Å². The Kier molecular flexibility index (Phi) is 5.06. The van der Waals surface area contributed by atoms with E-state index in [0.717, 1.165) is 25.2 Å². The second kappa shape index (κ2) is 5.87. The van der Waals surface area contributed by atoms with E-state index in [2.05, 4.69) is 5.32 Å². The molecule has 0 atom stereocenters. The molecule has 1 amide bonds. The summed E-state index contributed by atoms with van der Waals surface area (Å²) < 4.78 is 0. The normalized spacial score (nSPS) is 22.6. The molecule has 2 aliphatic rings. The molecule has 0 aromatic rings. The summed E-state index contributed by atoms with van der Waals surface area (Å²) in [7, 11) is 0. The van der Waals surface area contributed by atoms with Crippen molar-refractivity contribution < 1.29 is 4.79 Å². The van der Waals surface area contributed by atoms with Crippen molar-refractivity contribution in [2.75, 3.05) is 6.54 Å². The number of carbonyl (C=O) groups excluding carboxylic acids is 1. The van der Waals surface area contributed by atoms with Gasteiger partial charge in [-0.2, -0.15) is 0 Å². The first-order chi connectivity index (χ1) is 7.24. The van der Waals surface area contributed by atoms with Crippen LogP contribution in [0.15, 0.2) is 0 Å². The second-order valence-corrected chi connectivity index (χ2v) is 5.22. The van der Waals surface area contributed by atoms with Crippen molar-refractivity contribution in [3.63, 3.8) is 0 Å². The summed E-state index contributed by atoms with van der Waals surface area (Å²) in [6.45, 7) is 0.599. The van der Waals surface area contributed by atoms with Crippen LogP contribution in [0, 0.1) is 5.92 Å². The third kappa shape index (κ3) is 3.63. The van der Waals surface area contributed by atoms with Gasteiger partial charge in [0.15, 0.2) is 0 Å². The van der Waals surface area contributed by atoms with E-state index in [9.17, 15) is 4.79 Å². The average Bonchev–Trinajstić information content (AvgIpc) is 2.96. The maximum Gasteiger partial charge on any atom is 0.220 e. The van der Waals surface area contributed by atoms with Crippen LogP contribution in [0.3, 0.4) is 0 Å². The molecule has 0 spiro atoms. The van der Waals surface area contributed by atoms with Crippen LogP contribution in [-0.2, 0) is 4.79 Å². The van der Waals surface area contributed by atoms with Gasteiger partial charge < -0.3 is 11.1 Å². The molecule has 0 aromatic heterocycles. The summed E-state index contributed by atoms with van der Waals surface area (Å²) in [5.74, 6) is 1.06. The van der Waals surface area contributed by atoms with Crippen LogP contribution in [0.25, 0.3) is 0 Å². The van der Waals surface area contributed by atoms with Gasteiger partial charge in [-0.05, 0) is 25.2 Å². The largest absolute Gasteiger partial charge is 0.349 e. The van der Waals surface area contributed by atoms with Crippen LogP contribution < -0.4 is 11.1 Å². The lowest BCUT2D eigenvalue weighted by atomic mass is 9.97. The van der Waals surface area contributed by atoms with E-state index < -0.39 is 0 Å². The minimum atomic E-state index is -0.0549. The SMILES string of the molecule is Cl.NCC1(NC(=O)CCC2CC2)CCCC1. The Balaban J connectivity index is 0.00000128. The van der Waals surface area contributed by atoms with E-state index in [1.165, 1.54) is 25.7 Å². The summed E-state index contributed by atoms with van der Waals surface area (Å²) in [6.07, 6.45) is 8.99. The molecule has 3 nitrogen and oxygen atoms in total. The molecule has 0 aliphatic heterocycles. The van der Waals surface area contributed by atoms with E-state index in [1.807, 2.05) is 0 Å². The zero-order valence-corrected chi connectivity index (χ0v) is 10.7. The molecule has 3 N–H and O–H groups in total. The summed E-state index contributed by atoms with van der Waals surface area (Å²) >= 11 is 0. The van der Waals surface area contributed by atoms with Gasteiger partial charge in [-0.15, -0.1) is 12.4 Å². The van der Waals surface area contributed by atoms with Crippen LogP contribution in [0.1, 0.15) is 51.4 Å². The Morgan fingerprint density at radius 3 is 2.44 bits per heavy atom. The Labute approximate surface area is 104 Å². The van der Waals surface area contributed by atoms with Crippen molar-refractivity contribution in [3.8, 4) is 0 Å². The molecule has 0 bridgehead atoms. The number of carbonyl (C=O) groups is 1. The lowest BCUT2D eigenvalue weighted by Crippen LogP contribution is -2.51. The van der Waals surface area contributed by atoms with E-state index in [-0.39, 0.29) is 23.9 Å². The highest BCUT2D eigenvalue weighted by atomic mass is 35.5. The summed E-state index contributed by atoms with van der Waals surface area (Å²) in [6, 6.07) is 0. The van der Waals surface area contributed by atoms with E-state index in [0.29, 0.717) is 13.0 Å². The van der Waals surface area contributed by atoms with E-state index in [1.54, 1.807) is 0 Å². The number of hydrogen-bond donors (Lipinski definition) is 2. The summed E-state index contributed by atoms with van der Waals surface area (Å²) in [5.41, 5.74) is 5.72. The highest BCUT2D eigenvalue weighted by Gasteiger charge is 2.34. The monoisotopic (exact) mass is 246 g/mol. The topological polar surface area (TPSA) is 55.1 Å². The molecule has 0 unspecified atom stereocenters. The lowest BCUT2D eigenvalue weighted by Gasteiger charge is -2.28. The maximum atomic E-state index is 11.7. The molecular formula is C12H23ClN2O. The van der Waals surface area contributed by atoms with Crippen LogP contribution >= 0.6 is 12.4 Å². The standard InChI is InChI=1S/C12H22N2O.ClH/c13-9-12(7-1-2-8-12)14-11(15)6-5-10-3-4-10;/h10H,1-9,13H2,(H,14,15);1H. The molecule has 2 aliphatic carbocycles. The smallest absolute Gasteiger partial charge is 0.220 e. The Bertz CT molecular complexity index is 235. The van der Waals surface area contributed by atoms with Gasteiger partial charge in [0.2, 0.25) is 5.91 Å². The molecule has 4 heteroatoms. The number of rotatable bonds is 5. The zero-order chi connectivity index (χ0) is 10.7. The number of halogens is 1. The van der Waals surface area contributed by atoms with Gasteiger partial charge in [-0.25, -0.2) is 0 Å². The van der Waals surface area contributed by atoms with Crippen molar-refractivity contribution in [2.45, 2.75) is 56.9 Å². The van der Waals surface area contributed by atoms with Crippen LogP contribution in [-0.4, -0.2) is 18.0 Å². The third-order valence-electron chi connectivity index (χ3n) is 3.83. The molecule has 0 heterocycles. The first-order valence-corrected chi connectivity index (χ1v) is 6.25. The van der Waals surface area contributed by atoms with Crippen molar-refractivity contribution in [1.29, 1.82) is 0 Å². The van der Waals surface area contributed by atoms with Crippen molar-refractivity contribution in [3.05, 3.63) is 0 Å². The van der Waals surface area contributed by atoms with E-state index in [4.69, 9.17) is 5.73 Å². The highest BCUT2D eigenvalue weighted by Crippen LogP contribution is 2.34. The highest BCUT2D eigenvalue weighted by molar-refractivity contribution is 5.85. The Hall–Kier alpha value is -0.280. The third-order valence-corrected chi connectivity index (χ3v) is 3.83. The molecule has 2 rings (SSSR count). The summed E-state index contributed by atoms with van der Waals surface area (Å²) in [4.78, 5) is 11.7. The molecular weight excluding hydrogens is 224 g/mol. The fourth-order valence-corrected chi connectivity index (χ4v) is 2.53. The Morgan fingerprint density at radius 1 is 1.31 bits per heavy atom. The lowest BCUT2D eigenvalue weighted by molar-refractivity contribution is -0.123. The molecule has 0 aromatic carbocycles. The summed E-state index contributed by atoms with van der Waals surface area (Å²) in [5, 5.41) is 3.16. The predicted molar refractivity (Wildman–Crippen MR) is 67.6 cm³/mol. The average molecular weight is 247 g/mol. The van der Waals surface area contributed by atoms with Crippen LogP contribution in [0.5, 0.6) is 0 Å². The van der Waals surface area contributed by atoms with Gasteiger partial charge in [-0.1, -0.05) is 25.7 Å². The zero-order valence-electron chi connectivity index (χ0n) is 9.84. The van der Waals surface area contributed by atoms with Gasteiger partial charge in [0, 0.05) is 13.0 Å². The molecule has 2 saturated carbocycles. The van der Waals surface area contributed by atoms with Crippen molar-refractivity contribution >= 4 is 18.3 Å². The van der Waals surface area contributed by atoms with Gasteiger partial charge in [-0.3, -0.25) is 4.79 Å². The van der Waals surface area contributed by atoms with Crippen molar-refractivity contribution in [2.24, 2.45) is 11.7 Å². The predicted octanol–water partition coefficient (Wildman–Crippen LogP) is 1.99. The first-order valence-electron chi connectivity index (χ1n) is 6.25. The minimum Gasteiger partial charge on any atom is -0.349 e. The number of amides is 1. The van der Waals surface area contributed by atoms with Gasteiger partial charge in [0.05, 0.1) is 5.54 Å². The maximum absolute atomic E-state index is 11.7. The molecule has 16 heavy (non-hydrogen) atoms. The molecule has 94 valence electrons. The molecule has 2 fully saturated rings. The first kappa shape index (κ1) is 13.8. The van der Waals surface area contributed by atoms with Crippen LogP contribution in [0.4, 0.5) is 0 Å². The quantitative estimate of drug-likeness (QED) is 0.780. The second-order valence-electron chi connectivity index (χ2n) is 5.22. The number of hydrogen-bond acceptors (Lipinski definition) is 2. The van der Waals surface area contributed by atoms with Gasteiger partial charge >= 0.3 is 0 Å². The van der Waals surface area contributed by atoms with Gasteiger partial charge in [0.1, 0.15) is 0 Å². The molecule has 0 saturated heterocycles. The van der Waals surface area contributed by atoms with Crippen LogP contribution in [0.2, 0.25) is 0 Å². The molecule has 0 radical (unpaired) electrons.